The molecule has 9 heteroatoms. The molecule has 1 amide bonds. The molecule has 0 radical (unpaired) electrons. The predicted molar refractivity (Wildman–Crippen MR) is 114 cm³/mol. The Kier molecular flexibility index (Phi) is 8.16. The fourth-order valence-corrected chi connectivity index (χ4v) is 4.25. The molecule has 0 spiro atoms. The van der Waals surface area contributed by atoms with E-state index in [0.29, 0.717) is 28.6 Å². The summed E-state index contributed by atoms with van der Waals surface area (Å²) < 4.78 is 36.7. The summed E-state index contributed by atoms with van der Waals surface area (Å²) in [6.07, 6.45) is 1.35. The molecule has 2 rings (SSSR count). The van der Waals surface area contributed by atoms with Gasteiger partial charge in [-0.05, 0) is 36.8 Å². The van der Waals surface area contributed by atoms with E-state index in [1.807, 2.05) is 12.1 Å². The first-order chi connectivity index (χ1) is 13.8. The molecule has 0 aromatic heterocycles. The Bertz CT molecular complexity index is 936. The van der Waals surface area contributed by atoms with Crippen molar-refractivity contribution in [2.45, 2.75) is 19.4 Å². The number of halogens is 1. The van der Waals surface area contributed by atoms with Crippen LogP contribution in [0.25, 0.3) is 0 Å². The molecule has 1 N–H and O–H groups in total. The number of nitrogens with zero attached hydrogens (tertiary/aromatic N) is 1. The Balaban J connectivity index is 2.06. The number of carbonyl (C=O) groups is 1. The Morgan fingerprint density at radius 3 is 2.45 bits per heavy atom. The zero-order chi connectivity index (χ0) is 21.4. The quantitative estimate of drug-likeness (QED) is 0.574. The van der Waals surface area contributed by atoms with Gasteiger partial charge in [-0.2, -0.15) is 0 Å². The minimum atomic E-state index is -3.71. The highest BCUT2D eigenvalue weighted by atomic mass is 35.5. The second-order valence-electron chi connectivity index (χ2n) is 6.25. The molecular weight excluding hydrogens is 416 g/mol. The van der Waals surface area contributed by atoms with Crippen LogP contribution in [-0.2, 0) is 14.8 Å². The Morgan fingerprint density at radius 1 is 1.17 bits per heavy atom. The summed E-state index contributed by atoms with van der Waals surface area (Å²) in [4.78, 5) is 12.7. The van der Waals surface area contributed by atoms with E-state index in [1.54, 1.807) is 44.4 Å². The third-order valence-corrected chi connectivity index (χ3v) is 5.54. The van der Waals surface area contributed by atoms with E-state index in [4.69, 9.17) is 21.1 Å². The van der Waals surface area contributed by atoms with Crippen molar-refractivity contribution in [2.75, 3.05) is 30.8 Å². The first-order valence-electron chi connectivity index (χ1n) is 9.06. The van der Waals surface area contributed by atoms with Crippen molar-refractivity contribution < 1.29 is 22.7 Å². The van der Waals surface area contributed by atoms with Gasteiger partial charge in [-0.25, -0.2) is 8.42 Å². The van der Waals surface area contributed by atoms with Gasteiger partial charge in [0.15, 0.2) is 11.5 Å². The van der Waals surface area contributed by atoms with Crippen LogP contribution in [0.4, 0.5) is 5.69 Å². The summed E-state index contributed by atoms with van der Waals surface area (Å²) in [5.41, 5.74) is 0.340. The molecule has 0 saturated heterocycles. The van der Waals surface area contributed by atoms with E-state index in [9.17, 15) is 13.2 Å². The van der Waals surface area contributed by atoms with Gasteiger partial charge >= 0.3 is 0 Å². The van der Waals surface area contributed by atoms with E-state index < -0.39 is 22.0 Å². The van der Waals surface area contributed by atoms with Crippen molar-refractivity contribution >= 4 is 33.2 Å². The van der Waals surface area contributed by atoms with Crippen molar-refractivity contribution in [2.24, 2.45) is 0 Å². The monoisotopic (exact) mass is 440 g/mol. The fourth-order valence-electron chi connectivity index (χ4n) is 2.86. The normalized spacial score (nSPS) is 12.1. The minimum absolute atomic E-state index is 0.207. The van der Waals surface area contributed by atoms with Crippen LogP contribution in [0.1, 0.15) is 13.3 Å². The lowest BCUT2D eigenvalue weighted by atomic mass is 10.2. The lowest BCUT2D eigenvalue weighted by molar-refractivity contribution is -0.122. The fraction of sp³-hybridized carbons (Fsp3) is 0.350. The van der Waals surface area contributed by atoms with Crippen LogP contribution in [0.3, 0.4) is 0 Å². The molecule has 0 bridgehead atoms. The third-order valence-electron chi connectivity index (χ3n) is 4.12. The first-order valence-corrected chi connectivity index (χ1v) is 11.3. The van der Waals surface area contributed by atoms with Crippen LogP contribution in [0.5, 0.6) is 11.5 Å². The molecule has 0 heterocycles. The molecule has 2 aromatic carbocycles. The Labute approximate surface area is 176 Å². The van der Waals surface area contributed by atoms with Gasteiger partial charge in [0.2, 0.25) is 15.9 Å². The SMILES string of the molecule is CC[C@H](C(=O)NCCOc1ccccc1OC)N(c1cccc(Cl)c1)S(C)(=O)=O. The van der Waals surface area contributed by atoms with E-state index >= 15 is 0 Å². The molecule has 7 nitrogen and oxygen atoms in total. The number of benzene rings is 2. The smallest absolute Gasteiger partial charge is 0.244 e. The molecular formula is C20H25ClN2O5S. The van der Waals surface area contributed by atoms with Crippen molar-refractivity contribution in [1.29, 1.82) is 0 Å². The number of ether oxygens (including phenoxy) is 2. The lowest BCUT2D eigenvalue weighted by Gasteiger charge is -2.30. The summed E-state index contributed by atoms with van der Waals surface area (Å²) in [7, 11) is -2.16. The molecule has 1 atom stereocenters. The van der Waals surface area contributed by atoms with Gasteiger partial charge in [0.25, 0.3) is 0 Å². The highest BCUT2D eigenvalue weighted by molar-refractivity contribution is 7.92. The summed E-state index contributed by atoms with van der Waals surface area (Å²) >= 11 is 6.00. The maximum atomic E-state index is 12.7. The van der Waals surface area contributed by atoms with Crippen molar-refractivity contribution in [3.05, 3.63) is 53.6 Å². The second-order valence-corrected chi connectivity index (χ2v) is 8.55. The van der Waals surface area contributed by atoms with E-state index in [-0.39, 0.29) is 13.2 Å². The zero-order valence-electron chi connectivity index (χ0n) is 16.6. The standard InChI is InChI=1S/C20H25ClN2O5S/c1-4-17(23(29(3,25)26)16-9-7-8-15(21)14-16)20(24)22-12-13-28-19-11-6-5-10-18(19)27-2/h5-11,14,17H,4,12-13H2,1-3H3,(H,22,24)/t17-/m1/s1. The van der Waals surface area contributed by atoms with Crippen LogP contribution < -0.4 is 19.1 Å². The van der Waals surface area contributed by atoms with Gasteiger partial charge in [-0.15, -0.1) is 0 Å². The summed E-state index contributed by atoms with van der Waals surface area (Å²) in [6.45, 7) is 2.16. The summed E-state index contributed by atoms with van der Waals surface area (Å²) in [5, 5.41) is 3.12. The maximum Gasteiger partial charge on any atom is 0.244 e. The predicted octanol–water partition coefficient (Wildman–Crippen LogP) is 3.09. The number of sulfonamides is 1. The van der Waals surface area contributed by atoms with Crippen LogP contribution in [0.2, 0.25) is 5.02 Å². The molecule has 0 aliphatic carbocycles. The van der Waals surface area contributed by atoms with Gasteiger partial charge in [-0.1, -0.05) is 36.7 Å². The Hall–Kier alpha value is -2.45. The molecule has 158 valence electrons. The topological polar surface area (TPSA) is 84.9 Å². The molecule has 2 aromatic rings. The van der Waals surface area contributed by atoms with E-state index in [1.165, 1.54) is 6.07 Å². The van der Waals surface area contributed by atoms with Crippen LogP contribution in [0, 0.1) is 0 Å². The molecule has 0 aliphatic heterocycles. The summed E-state index contributed by atoms with van der Waals surface area (Å²) in [6, 6.07) is 12.7. The molecule has 29 heavy (non-hydrogen) atoms. The average molecular weight is 441 g/mol. The molecule has 0 saturated carbocycles. The van der Waals surface area contributed by atoms with E-state index in [0.717, 1.165) is 10.6 Å². The van der Waals surface area contributed by atoms with Gasteiger partial charge in [0, 0.05) is 5.02 Å². The van der Waals surface area contributed by atoms with E-state index in [2.05, 4.69) is 5.32 Å². The number of nitrogens with one attached hydrogen (secondary N) is 1. The Morgan fingerprint density at radius 2 is 1.86 bits per heavy atom. The molecule has 0 fully saturated rings. The van der Waals surface area contributed by atoms with Gasteiger partial charge in [0.1, 0.15) is 12.6 Å². The van der Waals surface area contributed by atoms with Crippen molar-refractivity contribution in [1.82, 2.24) is 5.32 Å². The van der Waals surface area contributed by atoms with Crippen LogP contribution in [-0.4, -0.2) is 46.9 Å². The average Bonchev–Trinajstić information content (AvgIpc) is 2.68. The molecule has 0 aliphatic rings. The lowest BCUT2D eigenvalue weighted by Crippen LogP contribution is -2.50. The zero-order valence-corrected chi connectivity index (χ0v) is 18.2. The van der Waals surface area contributed by atoms with Crippen LogP contribution in [0.15, 0.2) is 48.5 Å². The number of amides is 1. The maximum absolute atomic E-state index is 12.7. The van der Waals surface area contributed by atoms with Gasteiger partial charge < -0.3 is 14.8 Å². The first kappa shape index (κ1) is 22.8. The second kappa shape index (κ2) is 10.4. The number of para-hydroxylation sites is 2. The largest absolute Gasteiger partial charge is 0.493 e. The van der Waals surface area contributed by atoms with Crippen molar-refractivity contribution in [3.8, 4) is 11.5 Å². The summed E-state index contributed by atoms with van der Waals surface area (Å²) in [5.74, 6) is 0.740. The number of hydrogen-bond acceptors (Lipinski definition) is 5. The highest BCUT2D eigenvalue weighted by Crippen LogP contribution is 2.26. The number of hydrogen-bond donors (Lipinski definition) is 1. The number of carbonyl (C=O) groups excluding carboxylic acids is 1. The number of rotatable bonds is 10. The molecule has 0 unspecified atom stereocenters. The number of methoxy groups -OCH3 is 1. The number of anilines is 1. The third kappa shape index (κ3) is 6.27. The van der Waals surface area contributed by atoms with Gasteiger partial charge in [0.05, 0.1) is 25.6 Å². The van der Waals surface area contributed by atoms with Crippen LogP contribution >= 0.6 is 11.6 Å². The minimum Gasteiger partial charge on any atom is -0.493 e. The van der Waals surface area contributed by atoms with Gasteiger partial charge in [-0.3, -0.25) is 9.10 Å². The van der Waals surface area contributed by atoms with Crippen molar-refractivity contribution in [3.63, 3.8) is 0 Å². The highest BCUT2D eigenvalue weighted by Gasteiger charge is 2.31.